The van der Waals surface area contributed by atoms with E-state index in [2.05, 4.69) is 5.32 Å². The molecule has 0 fully saturated rings. The van der Waals surface area contributed by atoms with Crippen LogP contribution in [0.3, 0.4) is 0 Å². The highest BCUT2D eigenvalue weighted by Gasteiger charge is 2.12. The van der Waals surface area contributed by atoms with Crippen LogP contribution in [-0.4, -0.2) is 24.9 Å². The molecule has 2 rings (SSSR count). The van der Waals surface area contributed by atoms with E-state index in [9.17, 15) is 9.59 Å². The summed E-state index contributed by atoms with van der Waals surface area (Å²) in [6, 6.07) is 16.9. The molecule has 5 heteroatoms. The van der Waals surface area contributed by atoms with Gasteiger partial charge in [-0.3, -0.25) is 9.59 Å². The molecule has 0 saturated heterocycles. The molecule has 126 valence electrons. The molecule has 0 unspecified atom stereocenters. The molecule has 0 radical (unpaired) electrons. The Morgan fingerprint density at radius 3 is 2.50 bits per heavy atom. The normalized spacial score (nSPS) is 10.2. The summed E-state index contributed by atoms with van der Waals surface area (Å²) >= 11 is 5.93. The molecule has 24 heavy (non-hydrogen) atoms. The van der Waals surface area contributed by atoms with Crippen molar-refractivity contribution < 1.29 is 9.59 Å². The van der Waals surface area contributed by atoms with Gasteiger partial charge in [0.15, 0.2) is 0 Å². The van der Waals surface area contributed by atoms with Gasteiger partial charge >= 0.3 is 0 Å². The number of hydrogen-bond donors (Lipinski definition) is 1. The van der Waals surface area contributed by atoms with Gasteiger partial charge in [-0.2, -0.15) is 0 Å². The lowest BCUT2D eigenvalue weighted by molar-refractivity contribution is -0.121. The van der Waals surface area contributed by atoms with Crippen LogP contribution in [0.5, 0.6) is 0 Å². The van der Waals surface area contributed by atoms with Crippen molar-refractivity contribution in [2.24, 2.45) is 0 Å². The third-order valence-electron chi connectivity index (χ3n) is 3.64. The molecule has 0 heterocycles. The summed E-state index contributed by atoms with van der Waals surface area (Å²) in [5.41, 5.74) is 1.88. The molecular weight excluding hydrogens is 324 g/mol. The largest absolute Gasteiger partial charge is 0.356 e. The third kappa shape index (κ3) is 5.70. The Bertz CT molecular complexity index is 689. The summed E-state index contributed by atoms with van der Waals surface area (Å²) in [6.07, 6.45) is 0.991. The second-order valence-electron chi connectivity index (χ2n) is 5.49. The third-order valence-corrected chi connectivity index (χ3v) is 3.87. The quantitative estimate of drug-likeness (QED) is 0.836. The van der Waals surface area contributed by atoms with Gasteiger partial charge in [0.1, 0.15) is 0 Å². The predicted molar refractivity (Wildman–Crippen MR) is 97.3 cm³/mol. The van der Waals surface area contributed by atoms with Gasteiger partial charge in [-0.25, -0.2) is 0 Å². The van der Waals surface area contributed by atoms with Crippen LogP contribution in [0.2, 0.25) is 5.02 Å². The van der Waals surface area contributed by atoms with Gasteiger partial charge in [0.05, 0.1) is 0 Å². The highest BCUT2D eigenvalue weighted by Crippen LogP contribution is 2.14. The number of carbonyl (C=O) groups is 2. The summed E-state index contributed by atoms with van der Waals surface area (Å²) in [5.74, 6) is -0.146. The Hall–Kier alpha value is -2.33. The van der Waals surface area contributed by atoms with Crippen LogP contribution in [0.15, 0.2) is 54.6 Å². The van der Waals surface area contributed by atoms with Gasteiger partial charge in [-0.15, -0.1) is 0 Å². The zero-order chi connectivity index (χ0) is 17.4. The number of anilines is 1. The SMILES string of the molecule is CC(=O)N(CCC(=O)NCCc1cccc(Cl)c1)c1ccccc1. The average molecular weight is 345 g/mol. The Morgan fingerprint density at radius 2 is 1.83 bits per heavy atom. The number of hydrogen-bond acceptors (Lipinski definition) is 2. The number of rotatable bonds is 7. The molecule has 2 aromatic carbocycles. The minimum absolute atomic E-state index is 0.0702. The summed E-state index contributed by atoms with van der Waals surface area (Å²) in [4.78, 5) is 25.4. The van der Waals surface area contributed by atoms with E-state index < -0.39 is 0 Å². The highest BCUT2D eigenvalue weighted by atomic mass is 35.5. The fraction of sp³-hybridized carbons (Fsp3) is 0.263. The summed E-state index contributed by atoms with van der Waals surface area (Å²) < 4.78 is 0. The standard InChI is InChI=1S/C19H21ClN2O2/c1-15(23)22(18-8-3-2-4-9-18)13-11-19(24)21-12-10-16-6-5-7-17(20)14-16/h2-9,14H,10-13H2,1H3,(H,21,24). The van der Waals surface area contributed by atoms with E-state index in [1.807, 2.05) is 54.6 Å². The van der Waals surface area contributed by atoms with Crippen molar-refractivity contribution in [3.8, 4) is 0 Å². The van der Waals surface area contributed by atoms with E-state index >= 15 is 0 Å². The molecule has 0 atom stereocenters. The minimum atomic E-state index is -0.0760. The van der Waals surface area contributed by atoms with E-state index in [1.54, 1.807) is 4.90 Å². The van der Waals surface area contributed by atoms with Crippen molar-refractivity contribution >= 4 is 29.1 Å². The van der Waals surface area contributed by atoms with Crippen molar-refractivity contribution in [1.82, 2.24) is 5.32 Å². The summed E-state index contributed by atoms with van der Waals surface area (Å²) in [6.45, 7) is 2.41. The zero-order valence-electron chi connectivity index (χ0n) is 13.7. The first kappa shape index (κ1) is 18.0. The number of amides is 2. The maximum atomic E-state index is 12.0. The first-order valence-corrected chi connectivity index (χ1v) is 8.28. The molecule has 0 aromatic heterocycles. The minimum Gasteiger partial charge on any atom is -0.356 e. The van der Waals surface area contributed by atoms with Crippen molar-refractivity contribution in [3.05, 3.63) is 65.2 Å². The molecule has 0 bridgehead atoms. The van der Waals surface area contributed by atoms with E-state index in [0.717, 1.165) is 17.7 Å². The molecule has 0 aliphatic carbocycles. The lowest BCUT2D eigenvalue weighted by atomic mass is 10.1. The fourth-order valence-corrected chi connectivity index (χ4v) is 2.63. The van der Waals surface area contributed by atoms with Crippen LogP contribution in [0.1, 0.15) is 18.9 Å². The second-order valence-corrected chi connectivity index (χ2v) is 5.92. The zero-order valence-corrected chi connectivity index (χ0v) is 14.4. The maximum absolute atomic E-state index is 12.0. The van der Waals surface area contributed by atoms with Crippen molar-refractivity contribution in [2.75, 3.05) is 18.0 Å². The van der Waals surface area contributed by atoms with E-state index in [0.29, 0.717) is 18.1 Å². The number of halogens is 1. The number of para-hydroxylation sites is 1. The number of nitrogens with zero attached hydrogens (tertiary/aromatic N) is 1. The molecule has 0 spiro atoms. The number of carbonyl (C=O) groups excluding carboxylic acids is 2. The number of nitrogens with one attached hydrogen (secondary N) is 1. The lowest BCUT2D eigenvalue weighted by Crippen LogP contribution is -2.34. The van der Waals surface area contributed by atoms with Crippen LogP contribution < -0.4 is 10.2 Å². The Labute approximate surface area is 147 Å². The van der Waals surface area contributed by atoms with E-state index in [4.69, 9.17) is 11.6 Å². The fourth-order valence-electron chi connectivity index (χ4n) is 2.42. The first-order chi connectivity index (χ1) is 11.6. The molecule has 0 aliphatic heterocycles. The Balaban J connectivity index is 1.78. The summed E-state index contributed by atoms with van der Waals surface area (Å²) in [5, 5.41) is 3.57. The average Bonchev–Trinajstić information content (AvgIpc) is 2.56. The van der Waals surface area contributed by atoms with Crippen LogP contribution in [0, 0.1) is 0 Å². The predicted octanol–water partition coefficient (Wildman–Crippen LogP) is 3.44. The molecule has 2 aromatic rings. The van der Waals surface area contributed by atoms with Crippen molar-refractivity contribution in [2.45, 2.75) is 19.8 Å². The lowest BCUT2D eigenvalue weighted by Gasteiger charge is -2.20. The summed E-state index contributed by atoms with van der Waals surface area (Å²) in [7, 11) is 0. The monoisotopic (exact) mass is 344 g/mol. The van der Waals surface area contributed by atoms with Crippen LogP contribution in [-0.2, 0) is 16.0 Å². The van der Waals surface area contributed by atoms with Gasteiger partial charge in [0, 0.05) is 37.1 Å². The molecule has 1 N–H and O–H groups in total. The van der Waals surface area contributed by atoms with Crippen molar-refractivity contribution in [1.29, 1.82) is 0 Å². The van der Waals surface area contributed by atoms with E-state index in [1.165, 1.54) is 6.92 Å². The van der Waals surface area contributed by atoms with Crippen molar-refractivity contribution in [3.63, 3.8) is 0 Å². The smallest absolute Gasteiger partial charge is 0.223 e. The second kappa shape index (κ2) is 9.08. The number of benzene rings is 2. The maximum Gasteiger partial charge on any atom is 0.223 e. The molecule has 0 aliphatic rings. The van der Waals surface area contributed by atoms with Gasteiger partial charge in [0.2, 0.25) is 11.8 Å². The molecule has 2 amide bonds. The van der Waals surface area contributed by atoms with Gasteiger partial charge in [0.25, 0.3) is 0 Å². The molecule has 0 saturated carbocycles. The topological polar surface area (TPSA) is 49.4 Å². The van der Waals surface area contributed by atoms with Crippen LogP contribution in [0.4, 0.5) is 5.69 Å². The Kier molecular flexibility index (Phi) is 6.82. The highest BCUT2D eigenvalue weighted by molar-refractivity contribution is 6.30. The van der Waals surface area contributed by atoms with Gasteiger partial charge in [-0.1, -0.05) is 41.9 Å². The van der Waals surface area contributed by atoms with Gasteiger partial charge in [-0.05, 0) is 36.2 Å². The van der Waals surface area contributed by atoms with Gasteiger partial charge < -0.3 is 10.2 Å². The van der Waals surface area contributed by atoms with Crippen LogP contribution in [0.25, 0.3) is 0 Å². The molecule has 4 nitrogen and oxygen atoms in total. The Morgan fingerprint density at radius 1 is 1.08 bits per heavy atom. The van der Waals surface area contributed by atoms with Crippen LogP contribution >= 0.6 is 11.6 Å². The first-order valence-electron chi connectivity index (χ1n) is 7.90. The molecular formula is C19H21ClN2O2. The van der Waals surface area contributed by atoms with E-state index in [-0.39, 0.29) is 18.2 Å².